The van der Waals surface area contributed by atoms with E-state index in [9.17, 15) is 4.79 Å². The lowest BCUT2D eigenvalue weighted by Gasteiger charge is -2.07. The van der Waals surface area contributed by atoms with Crippen LogP contribution in [0.1, 0.15) is 39.0 Å². The first-order valence-corrected chi connectivity index (χ1v) is 4.58. The monoisotopic (exact) mass is 172 g/mol. The number of hydrogen-bond acceptors (Lipinski definition) is 3. The van der Waals surface area contributed by atoms with Gasteiger partial charge < -0.3 is 4.79 Å². The van der Waals surface area contributed by atoms with Crippen LogP contribution in [0, 0.1) is 0 Å². The minimum Gasteiger partial charge on any atom is -0.300 e. The molecule has 0 aliphatic carbocycles. The average Bonchev–Trinajstić information content (AvgIpc) is 1.95. The van der Waals surface area contributed by atoms with E-state index >= 15 is 0 Å². The second-order valence-corrected chi connectivity index (χ2v) is 3.35. The molecule has 12 heavy (non-hydrogen) atoms. The van der Waals surface area contributed by atoms with Gasteiger partial charge in [-0.25, -0.2) is 0 Å². The molecule has 0 aromatic heterocycles. The van der Waals surface area contributed by atoms with Gasteiger partial charge in [-0.2, -0.15) is 0 Å². The van der Waals surface area contributed by atoms with E-state index in [-0.39, 0.29) is 0 Å². The maximum Gasteiger partial charge on any atom is 0.129 e. The topological polar surface area (TPSA) is 46.3 Å². The molecule has 0 radical (unpaired) electrons. The van der Waals surface area contributed by atoms with Crippen molar-refractivity contribution in [3.8, 4) is 0 Å². The molecular weight excluding hydrogens is 152 g/mol. The van der Waals surface area contributed by atoms with E-state index in [1.807, 2.05) is 7.05 Å². The van der Waals surface area contributed by atoms with Crippen molar-refractivity contribution in [2.45, 2.75) is 39.0 Å². The van der Waals surface area contributed by atoms with Crippen LogP contribution in [0.4, 0.5) is 0 Å². The number of hydrogen-bond donors (Lipinski definition) is 1. The second kappa shape index (κ2) is 7.25. The normalized spacial score (nSPS) is 10.7. The summed E-state index contributed by atoms with van der Waals surface area (Å²) < 4.78 is 0. The first-order chi connectivity index (χ1) is 5.63. The number of Topliss-reactive ketones (excluding diaryl/α,β-unsaturated/α-hetero) is 1. The number of carbonyl (C=O) groups excluding carboxylic acids is 1. The summed E-state index contributed by atoms with van der Waals surface area (Å²) in [5.74, 6) is 5.73. The standard InChI is InChI=1S/C9H20N2O/c1-9(12)7-5-3-4-6-8-11(2)10/h3-8,10H2,1-2H3. The van der Waals surface area contributed by atoms with Crippen molar-refractivity contribution in [1.82, 2.24) is 5.01 Å². The Balaban J connectivity index is 2.96. The maximum absolute atomic E-state index is 10.6. The highest BCUT2D eigenvalue weighted by molar-refractivity contribution is 5.75. The van der Waals surface area contributed by atoms with Crippen LogP contribution in [0.3, 0.4) is 0 Å². The highest BCUT2D eigenvalue weighted by Gasteiger charge is 1.94. The van der Waals surface area contributed by atoms with Gasteiger partial charge in [0.2, 0.25) is 0 Å². The van der Waals surface area contributed by atoms with Crippen LogP contribution in [0.25, 0.3) is 0 Å². The van der Waals surface area contributed by atoms with Gasteiger partial charge in [0.15, 0.2) is 0 Å². The number of nitrogens with two attached hydrogens (primary N) is 1. The van der Waals surface area contributed by atoms with E-state index in [1.165, 1.54) is 6.42 Å². The molecule has 0 rings (SSSR count). The number of nitrogens with zero attached hydrogens (tertiary/aromatic N) is 1. The Morgan fingerprint density at radius 1 is 1.25 bits per heavy atom. The predicted octanol–water partition coefficient (Wildman–Crippen LogP) is 1.33. The zero-order valence-electron chi connectivity index (χ0n) is 8.18. The number of carbonyl (C=O) groups is 1. The van der Waals surface area contributed by atoms with Gasteiger partial charge in [-0.05, 0) is 19.8 Å². The summed E-state index contributed by atoms with van der Waals surface area (Å²) in [6.07, 6.45) is 5.22. The third-order valence-electron chi connectivity index (χ3n) is 1.79. The Labute approximate surface area is 74.9 Å². The summed E-state index contributed by atoms with van der Waals surface area (Å²) >= 11 is 0. The van der Waals surface area contributed by atoms with E-state index in [0.717, 1.165) is 32.2 Å². The van der Waals surface area contributed by atoms with Crippen LogP contribution in [-0.2, 0) is 4.79 Å². The van der Waals surface area contributed by atoms with Crippen molar-refractivity contribution < 1.29 is 4.79 Å². The summed E-state index contributed by atoms with van der Waals surface area (Å²) in [6.45, 7) is 2.59. The van der Waals surface area contributed by atoms with Gasteiger partial charge in [0, 0.05) is 20.0 Å². The highest BCUT2D eigenvalue weighted by atomic mass is 16.1. The van der Waals surface area contributed by atoms with Crippen LogP contribution < -0.4 is 5.84 Å². The van der Waals surface area contributed by atoms with Crippen LogP contribution in [0.15, 0.2) is 0 Å². The fourth-order valence-corrected chi connectivity index (χ4v) is 1.09. The molecule has 3 nitrogen and oxygen atoms in total. The Hall–Kier alpha value is -0.410. The predicted molar refractivity (Wildman–Crippen MR) is 50.6 cm³/mol. The number of hydrazine groups is 1. The van der Waals surface area contributed by atoms with Gasteiger partial charge in [0.1, 0.15) is 5.78 Å². The van der Waals surface area contributed by atoms with Crippen LogP contribution in [-0.4, -0.2) is 24.4 Å². The van der Waals surface area contributed by atoms with Crippen molar-refractivity contribution >= 4 is 5.78 Å². The average molecular weight is 172 g/mol. The van der Waals surface area contributed by atoms with E-state index in [0.29, 0.717) is 5.78 Å². The molecule has 0 amide bonds. The minimum absolute atomic E-state index is 0.297. The molecule has 3 heteroatoms. The molecule has 0 saturated heterocycles. The smallest absolute Gasteiger partial charge is 0.129 e. The van der Waals surface area contributed by atoms with Crippen molar-refractivity contribution in [2.24, 2.45) is 5.84 Å². The molecule has 0 aromatic rings. The molecule has 0 aromatic carbocycles. The Morgan fingerprint density at radius 2 is 1.83 bits per heavy atom. The summed E-state index contributed by atoms with van der Waals surface area (Å²) in [5, 5.41) is 1.70. The van der Waals surface area contributed by atoms with Crippen molar-refractivity contribution in [3.05, 3.63) is 0 Å². The summed E-state index contributed by atoms with van der Waals surface area (Å²) in [4.78, 5) is 10.6. The number of unbranched alkanes of at least 4 members (excludes halogenated alkanes) is 3. The lowest BCUT2D eigenvalue weighted by Crippen LogP contribution is -2.26. The zero-order valence-corrected chi connectivity index (χ0v) is 8.18. The Morgan fingerprint density at radius 3 is 2.33 bits per heavy atom. The molecular formula is C9H20N2O. The zero-order chi connectivity index (χ0) is 9.40. The first-order valence-electron chi connectivity index (χ1n) is 4.58. The summed E-state index contributed by atoms with van der Waals surface area (Å²) in [5.41, 5.74) is 0. The molecule has 0 aliphatic heterocycles. The van der Waals surface area contributed by atoms with E-state index in [2.05, 4.69) is 0 Å². The molecule has 0 unspecified atom stereocenters. The third kappa shape index (κ3) is 9.59. The fourth-order valence-electron chi connectivity index (χ4n) is 1.09. The van der Waals surface area contributed by atoms with Crippen LogP contribution in [0.2, 0.25) is 0 Å². The molecule has 0 aliphatic rings. The van der Waals surface area contributed by atoms with Gasteiger partial charge in [0.25, 0.3) is 0 Å². The fraction of sp³-hybridized carbons (Fsp3) is 0.889. The van der Waals surface area contributed by atoms with Crippen molar-refractivity contribution in [2.75, 3.05) is 13.6 Å². The van der Waals surface area contributed by atoms with Gasteiger partial charge in [-0.3, -0.25) is 10.9 Å². The number of rotatable bonds is 7. The maximum atomic E-state index is 10.6. The van der Waals surface area contributed by atoms with Crippen molar-refractivity contribution in [3.63, 3.8) is 0 Å². The van der Waals surface area contributed by atoms with Crippen LogP contribution in [0.5, 0.6) is 0 Å². The minimum atomic E-state index is 0.297. The number of ketones is 1. The third-order valence-corrected chi connectivity index (χ3v) is 1.79. The second-order valence-electron chi connectivity index (χ2n) is 3.35. The van der Waals surface area contributed by atoms with Gasteiger partial charge in [-0.1, -0.05) is 12.8 Å². The Bertz CT molecular complexity index is 124. The van der Waals surface area contributed by atoms with Crippen molar-refractivity contribution in [1.29, 1.82) is 0 Å². The molecule has 0 saturated carbocycles. The van der Waals surface area contributed by atoms with Gasteiger partial charge >= 0.3 is 0 Å². The van der Waals surface area contributed by atoms with E-state index in [1.54, 1.807) is 11.9 Å². The van der Waals surface area contributed by atoms with Gasteiger partial charge in [0.05, 0.1) is 0 Å². The molecule has 0 atom stereocenters. The quantitative estimate of drug-likeness (QED) is 0.358. The summed E-state index contributed by atoms with van der Waals surface area (Å²) in [7, 11) is 1.87. The Kier molecular flexibility index (Phi) is 7.00. The van der Waals surface area contributed by atoms with Gasteiger partial charge in [-0.15, -0.1) is 0 Å². The largest absolute Gasteiger partial charge is 0.300 e. The molecule has 0 bridgehead atoms. The highest BCUT2D eigenvalue weighted by Crippen LogP contribution is 2.03. The molecule has 2 N–H and O–H groups in total. The molecule has 0 fully saturated rings. The van der Waals surface area contributed by atoms with Crippen LogP contribution >= 0.6 is 0 Å². The molecule has 72 valence electrons. The first kappa shape index (κ1) is 11.6. The SMILES string of the molecule is CC(=O)CCCCCCN(C)N. The summed E-state index contributed by atoms with van der Waals surface area (Å²) in [6, 6.07) is 0. The van der Waals surface area contributed by atoms with E-state index < -0.39 is 0 Å². The lowest BCUT2D eigenvalue weighted by molar-refractivity contribution is -0.117. The van der Waals surface area contributed by atoms with E-state index in [4.69, 9.17) is 5.84 Å². The molecule has 0 spiro atoms. The lowest BCUT2D eigenvalue weighted by atomic mass is 10.1. The molecule has 0 heterocycles.